The maximum atomic E-state index is 10.9. The van der Waals surface area contributed by atoms with E-state index >= 15 is 0 Å². The van der Waals surface area contributed by atoms with Gasteiger partial charge in [-0.05, 0) is 29.3 Å². The van der Waals surface area contributed by atoms with Gasteiger partial charge in [0.1, 0.15) is 0 Å². The van der Waals surface area contributed by atoms with Crippen LogP contribution in [0.4, 0.5) is 0 Å². The van der Waals surface area contributed by atoms with Crippen molar-refractivity contribution < 1.29 is 19.8 Å². The number of aliphatic carboxylic acids is 2. The predicted octanol–water partition coefficient (Wildman–Crippen LogP) is 3.09. The second-order valence-corrected chi connectivity index (χ2v) is 5.61. The van der Waals surface area contributed by atoms with Gasteiger partial charge in [-0.3, -0.25) is 9.59 Å². The number of benzene rings is 2. The van der Waals surface area contributed by atoms with E-state index in [9.17, 15) is 9.59 Å². The third kappa shape index (κ3) is 4.65. The molecule has 0 fully saturated rings. The summed E-state index contributed by atoms with van der Waals surface area (Å²) in [5, 5.41) is 17.8. The molecule has 0 aliphatic heterocycles. The number of carboxylic acid groups (broad SMARTS) is 2. The minimum absolute atomic E-state index is 0.0737. The van der Waals surface area contributed by atoms with E-state index in [0.29, 0.717) is 11.1 Å². The first-order valence-corrected chi connectivity index (χ1v) is 7.14. The molecule has 2 N–H and O–H groups in total. The Balaban J connectivity index is 2.33. The maximum Gasteiger partial charge on any atom is 0.307 e. The number of hydrogen-bond acceptors (Lipinski definition) is 3. The maximum absolute atomic E-state index is 10.9. The van der Waals surface area contributed by atoms with Gasteiger partial charge in [0.05, 0.1) is 12.8 Å². The molecule has 0 saturated carbocycles. The molecule has 0 saturated heterocycles. The molecule has 0 spiro atoms. The second-order valence-electron chi connectivity index (χ2n) is 4.50. The van der Waals surface area contributed by atoms with Crippen molar-refractivity contribution in [2.45, 2.75) is 22.6 Å². The van der Waals surface area contributed by atoms with Gasteiger partial charge in [-0.2, -0.15) is 0 Å². The summed E-state index contributed by atoms with van der Waals surface area (Å²) in [6.45, 7) is 0. The lowest BCUT2D eigenvalue weighted by atomic mass is 10.1. The molecule has 2 aromatic carbocycles. The van der Waals surface area contributed by atoms with Crippen LogP contribution in [0, 0.1) is 0 Å². The van der Waals surface area contributed by atoms with Gasteiger partial charge >= 0.3 is 11.9 Å². The summed E-state index contributed by atoms with van der Waals surface area (Å²) in [5.41, 5.74) is 1.35. The van der Waals surface area contributed by atoms with Crippen LogP contribution in [0.3, 0.4) is 0 Å². The Bertz CT molecular complexity index is 653. The van der Waals surface area contributed by atoms with Crippen LogP contribution in [-0.2, 0) is 22.4 Å². The normalized spacial score (nSPS) is 10.3. The Kier molecular flexibility index (Phi) is 5.00. The first-order chi connectivity index (χ1) is 10.0. The fourth-order valence-corrected chi connectivity index (χ4v) is 2.93. The van der Waals surface area contributed by atoms with Crippen LogP contribution < -0.4 is 0 Å². The summed E-state index contributed by atoms with van der Waals surface area (Å²) in [7, 11) is 0. The average Bonchev–Trinajstić information content (AvgIpc) is 2.42. The molecule has 0 aromatic heterocycles. The lowest BCUT2D eigenvalue weighted by Crippen LogP contribution is -2.04. The zero-order valence-electron chi connectivity index (χ0n) is 11.2. The Morgan fingerprint density at radius 2 is 1.57 bits per heavy atom. The summed E-state index contributed by atoms with van der Waals surface area (Å²) in [5.74, 6) is -1.81. The van der Waals surface area contributed by atoms with Gasteiger partial charge in [0.15, 0.2) is 0 Å². The zero-order chi connectivity index (χ0) is 15.2. The van der Waals surface area contributed by atoms with Crippen molar-refractivity contribution >= 4 is 23.7 Å². The zero-order valence-corrected chi connectivity index (χ0v) is 12.0. The van der Waals surface area contributed by atoms with E-state index in [2.05, 4.69) is 0 Å². The molecule has 0 heterocycles. The number of hydrogen-bond donors (Lipinski definition) is 2. The largest absolute Gasteiger partial charge is 0.481 e. The van der Waals surface area contributed by atoms with Gasteiger partial charge in [0.2, 0.25) is 0 Å². The highest BCUT2D eigenvalue weighted by Crippen LogP contribution is 2.31. The molecular formula is C16H14O4S. The number of carbonyl (C=O) groups is 2. The predicted molar refractivity (Wildman–Crippen MR) is 79.7 cm³/mol. The Hall–Kier alpha value is -2.27. The molecule has 0 unspecified atom stereocenters. The van der Waals surface area contributed by atoms with Crippen LogP contribution in [0.25, 0.3) is 0 Å². The van der Waals surface area contributed by atoms with E-state index in [-0.39, 0.29) is 12.8 Å². The van der Waals surface area contributed by atoms with Crippen LogP contribution in [0.15, 0.2) is 58.3 Å². The van der Waals surface area contributed by atoms with Crippen molar-refractivity contribution in [1.29, 1.82) is 0 Å². The summed E-state index contributed by atoms with van der Waals surface area (Å²) in [6.07, 6.45) is -0.155. The molecule has 0 atom stereocenters. The molecule has 0 aliphatic rings. The summed E-state index contributed by atoms with van der Waals surface area (Å²) in [6, 6.07) is 14.7. The molecule has 0 radical (unpaired) electrons. The van der Waals surface area contributed by atoms with Crippen LogP contribution in [0.5, 0.6) is 0 Å². The minimum Gasteiger partial charge on any atom is -0.481 e. The molecule has 108 valence electrons. The van der Waals surface area contributed by atoms with Crippen molar-refractivity contribution in [3.8, 4) is 0 Å². The first kappa shape index (κ1) is 15.1. The number of rotatable bonds is 6. The highest BCUT2D eigenvalue weighted by Gasteiger charge is 2.11. The molecule has 2 rings (SSSR count). The third-order valence-corrected chi connectivity index (χ3v) is 3.91. The van der Waals surface area contributed by atoms with E-state index in [0.717, 1.165) is 9.79 Å². The SMILES string of the molecule is O=C(O)Cc1ccc(CC(=O)O)c(Sc2ccccc2)c1. The smallest absolute Gasteiger partial charge is 0.307 e. The van der Waals surface area contributed by atoms with Gasteiger partial charge < -0.3 is 10.2 Å². The standard InChI is InChI=1S/C16H14O4S/c17-15(18)9-11-6-7-12(10-16(19)20)14(8-11)21-13-4-2-1-3-5-13/h1-8H,9-10H2,(H,17,18)(H,19,20). The molecule has 0 amide bonds. The van der Waals surface area contributed by atoms with E-state index in [1.54, 1.807) is 18.2 Å². The molecule has 5 heteroatoms. The molecule has 4 nitrogen and oxygen atoms in total. The van der Waals surface area contributed by atoms with Crippen LogP contribution >= 0.6 is 11.8 Å². The second kappa shape index (κ2) is 6.95. The topological polar surface area (TPSA) is 74.6 Å². The van der Waals surface area contributed by atoms with E-state index in [1.807, 2.05) is 30.3 Å². The number of carboxylic acids is 2. The quantitative estimate of drug-likeness (QED) is 0.857. The first-order valence-electron chi connectivity index (χ1n) is 6.33. The highest BCUT2D eigenvalue weighted by atomic mass is 32.2. The minimum atomic E-state index is -0.907. The van der Waals surface area contributed by atoms with E-state index < -0.39 is 11.9 Å². The Labute approximate surface area is 126 Å². The van der Waals surface area contributed by atoms with Crippen LogP contribution in [-0.4, -0.2) is 22.2 Å². The molecule has 2 aromatic rings. The van der Waals surface area contributed by atoms with Gasteiger partial charge in [-0.25, -0.2) is 0 Å². The van der Waals surface area contributed by atoms with Crippen LogP contribution in [0.1, 0.15) is 11.1 Å². The summed E-state index contributed by atoms with van der Waals surface area (Å²) >= 11 is 1.44. The van der Waals surface area contributed by atoms with Gasteiger partial charge in [-0.15, -0.1) is 0 Å². The Morgan fingerprint density at radius 1 is 0.905 bits per heavy atom. The molecular weight excluding hydrogens is 288 g/mol. The van der Waals surface area contributed by atoms with Crippen molar-refractivity contribution in [1.82, 2.24) is 0 Å². The lowest BCUT2D eigenvalue weighted by Gasteiger charge is -2.09. The average molecular weight is 302 g/mol. The van der Waals surface area contributed by atoms with E-state index in [4.69, 9.17) is 10.2 Å². The van der Waals surface area contributed by atoms with Crippen molar-refractivity contribution in [2.24, 2.45) is 0 Å². The molecule has 21 heavy (non-hydrogen) atoms. The third-order valence-electron chi connectivity index (χ3n) is 2.80. The van der Waals surface area contributed by atoms with Crippen molar-refractivity contribution in [2.75, 3.05) is 0 Å². The monoisotopic (exact) mass is 302 g/mol. The van der Waals surface area contributed by atoms with Gasteiger partial charge in [0, 0.05) is 9.79 Å². The van der Waals surface area contributed by atoms with Gasteiger partial charge in [0.25, 0.3) is 0 Å². The summed E-state index contributed by atoms with van der Waals surface area (Å²) in [4.78, 5) is 23.5. The fourth-order valence-electron chi connectivity index (χ4n) is 1.90. The Morgan fingerprint density at radius 3 is 2.19 bits per heavy atom. The highest BCUT2D eigenvalue weighted by molar-refractivity contribution is 7.99. The van der Waals surface area contributed by atoms with Gasteiger partial charge in [-0.1, -0.05) is 42.1 Å². The van der Waals surface area contributed by atoms with Crippen molar-refractivity contribution in [3.05, 3.63) is 59.7 Å². The molecule has 0 bridgehead atoms. The van der Waals surface area contributed by atoms with Crippen molar-refractivity contribution in [3.63, 3.8) is 0 Å². The summed E-state index contributed by atoms with van der Waals surface area (Å²) < 4.78 is 0. The molecule has 0 aliphatic carbocycles. The lowest BCUT2D eigenvalue weighted by molar-refractivity contribution is -0.137. The van der Waals surface area contributed by atoms with Crippen LogP contribution in [0.2, 0.25) is 0 Å². The van der Waals surface area contributed by atoms with E-state index in [1.165, 1.54) is 11.8 Å². The fraction of sp³-hybridized carbons (Fsp3) is 0.125.